The molecular weight excluding hydrogens is 352 g/mol. The third-order valence-corrected chi connectivity index (χ3v) is 4.38. The van der Waals surface area contributed by atoms with Crippen LogP contribution in [0.3, 0.4) is 0 Å². The van der Waals surface area contributed by atoms with Crippen LogP contribution in [0, 0.1) is 0 Å². The molecule has 5 nitrogen and oxygen atoms in total. The highest BCUT2D eigenvalue weighted by Crippen LogP contribution is 2.31. The molecule has 1 N–H and O–H groups in total. The van der Waals surface area contributed by atoms with Gasteiger partial charge in [-0.15, -0.1) is 0 Å². The van der Waals surface area contributed by atoms with Crippen LogP contribution in [0.5, 0.6) is 5.75 Å². The zero-order valence-electron chi connectivity index (χ0n) is 15.0. The summed E-state index contributed by atoms with van der Waals surface area (Å²) in [6.07, 6.45) is 1.69. The minimum absolute atomic E-state index is 0.215. The van der Waals surface area contributed by atoms with E-state index in [0.717, 1.165) is 22.6 Å². The van der Waals surface area contributed by atoms with Crippen LogP contribution in [0.4, 0.5) is 0 Å². The maximum Gasteiger partial charge on any atom is 0.335 e. The Kier molecular flexibility index (Phi) is 4.89. The fraction of sp³-hybridized carbons (Fsp3) is 0.0435. The third-order valence-electron chi connectivity index (χ3n) is 4.38. The van der Waals surface area contributed by atoms with Crippen molar-refractivity contribution in [2.45, 2.75) is 6.61 Å². The molecule has 0 fully saturated rings. The van der Waals surface area contributed by atoms with Crippen molar-refractivity contribution in [1.29, 1.82) is 0 Å². The number of aromatic carboxylic acids is 1. The molecule has 0 saturated carbocycles. The van der Waals surface area contributed by atoms with Crippen LogP contribution in [-0.2, 0) is 6.61 Å². The van der Waals surface area contributed by atoms with Crippen LogP contribution in [0.2, 0.25) is 0 Å². The molecule has 0 amide bonds. The summed E-state index contributed by atoms with van der Waals surface area (Å²) in [5.41, 5.74) is 3.69. The predicted molar refractivity (Wildman–Crippen MR) is 107 cm³/mol. The van der Waals surface area contributed by atoms with E-state index in [0.29, 0.717) is 12.3 Å². The molecule has 0 aliphatic rings. The molecule has 0 bridgehead atoms. The van der Waals surface area contributed by atoms with Gasteiger partial charge in [-0.05, 0) is 42.0 Å². The van der Waals surface area contributed by atoms with Crippen molar-refractivity contribution >= 4 is 5.97 Å². The topological polar surface area (TPSA) is 64.3 Å². The van der Waals surface area contributed by atoms with Crippen molar-refractivity contribution < 1.29 is 14.6 Å². The minimum atomic E-state index is -0.970. The Morgan fingerprint density at radius 2 is 1.71 bits per heavy atom. The molecule has 0 saturated heterocycles. The third kappa shape index (κ3) is 3.64. The number of hydrogen-bond donors (Lipinski definition) is 1. The van der Waals surface area contributed by atoms with E-state index in [2.05, 4.69) is 5.10 Å². The largest absolute Gasteiger partial charge is 0.488 e. The lowest BCUT2D eigenvalue weighted by Crippen LogP contribution is -2.03. The molecule has 0 unspecified atom stereocenters. The summed E-state index contributed by atoms with van der Waals surface area (Å²) in [6, 6.07) is 26.3. The summed E-state index contributed by atoms with van der Waals surface area (Å²) in [7, 11) is 0. The van der Waals surface area contributed by atoms with E-state index in [-0.39, 0.29) is 5.56 Å². The van der Waals surface area contributed by atoms with Crippen LogP contribution in [0.1, 0.15) is 15.9 Å². The normalized spacial score (nSPS) is 10.6. The highest BCUT2D eigenvalue weighted by Gasteiger charge is 2.14. The standard InChI is InChI=1S/C23H18N2O3/c26-23(27)18-9-6-10-19(15-18)25-21(13-14-24-25)20-11-4-5-12-22(20)28-16-17-7-2-1-3-8-17/h1-15H,16H2,(H,26,27). The van der Waals surface area contributed by atoms with Crippen LogP contribution < -0.4 is 4.74 Å². The van der Waals surface area contributed by atoms with Gasteiger partial charge in [0, 0.05) is 5.56 Å². The number of ether oxygens (including phenoxy) is 1. The van der Waals surface area contributed by atoms with Gasteiger partial charge in [0.2, 0.25) is 0 Å². The van der Waals surface area contributed by atoms with E-state index in [1.165, 1.54) is 0 Å². The number of aromatic nitrogens is 2. The van der Waals surface area contributed by atoms with Gasteiger partial charge in [0.05, 0.1) is 23.1 Å². The zero-order valence-corrected chi connectivity index (χ0v) is 15.0. The fourth-order valence-corrected chi connectivity index (χ4v) is 3.02. The Balaban J connectivity index is 1.69. The second kappa shape index (κ2) is 7.80. The molecule has 28 heavy (non-hydrogen) atoms. The molecule has 0 radical (unpaired) electrons. The van der Waals surface area contributed by atoms with Crippen molar-refractivity contribution in [2.75, 3.05) is 0 Å². The summed E-state index contributed by atoms with van der Waals surface area (Å²) in [5, 5.41) is 13.7. The maximum atomic E-state index is 11.3. The van der Waals surface area contributed by atoms with E-state index >= 15 is 0 Å². The van der Waals surface area contributed by atoms with Gasteiger partial charge < -0.3 is 9.84 Å². The van der Waals surface area contributed by atoms with Gasteiger partial charge in [-0.2, -0.15) is 5.10 Å². The molecule has 1 aromatic heterocycles. The monoisotopic (exact) mass is 370 g/mol. The number of carbonyl (C=O) groups is 1. The van der Waals surface area contributed by atoms with Crippen molar-refractivity contribution in [1.82, 2.24) is 9.78 Å². The number of benzene rings is 3. The average Bonchev–Trinajstić information content (AvgIpc) is 3.23. The summed E-state index contributed by atoms with van der Waals surface area (Å²) < 4.78 is 7.78. The van der Waals surface area contributed by atoms with Crippen molar-refractivity contribution in [3.63, 3.8) is 0 Å². The van der Waals surface area contributed by atoms with Gasteiger partial charge in [0.15, 0.2) is 0 Å². The van der Waals surface area contributed by atoms with Crippen LogP contribution in [-0.4, -0.2) is 20.9 Å². The number of carboxylic acid groups (broad SMARTS) is 1. The molecular formula is C23H18N2O3. The molecule has 1 heterocycles. The minimum Gasteiger partial charge on any atom is -0.488 e. The maximum absolute atomic E-state index is 11.3. The van der Waals surface area contributed by atoms with E-state index < -0.39 is 5.97 Å². The lowest BCUT2D eigenvalue weighted by atomic mass is 10.1. The molecule has 4 rings (SSSR count). The molecule has 138 valence electrons. The summed E-state index contributed by atoms with van der Waals surface area (Å²) >= 11 is 0. The Labute approximate surface area is 162 Å². The molecule has 3 aromatic carbocycles. The first-order valence-corrected chi connectivity index (χ1v) is 8.86. The lowest BCUT2D eigenvalue weighted by Gasteiger charge is -2.13. The Morgan fingerprint density at radius 3 is 2.54 bits per heavy atom. The molecule has 4 aromatic rings. The number of rotatable bonds is 6. The molecule has 0 aliphatic carbocycles. The van der Waals surface area contributed by atoms with Crippen molar-refractivity contribution in [3.05, 3.63) is 102 Å². The van der Waals surface area contributed by atoms with Gasteiger partial charge in [0.25, 0.3) is 0 Å². The van der Waals surface area contributed by atoms with Gasteiger partial charge in [-0.3, -0.25) is 0 Å². The number of para-hydroxylation sites is 1. The summed E-state index contributed by atoms with van der Waals surface area (Å²) in [5.74, 6) is -0.232. The van der Waals surface area contributed by atoms with E-state index in [4.69, 9.17) is 4.74 Å². The van der Waals surface area contributed by atoms with Crippen LogP contribution >= 0.6 is 0 Å². The molecule has 0 aliphatic heterocycles. The van der Waals surface area contributed by atoms with E-state index in [9.17, 15) is 9.90 Å². The fourth-order valence-electron chi connectivity index (χ4n) is 3.02. The smallest absolute Gasteiger partial charge is 0.335 e. The Bertz CT molecular complexity index is 1100. The van der Waals surface area contributed by atoms with Crippen LogP contribution in [0.25, 0.3) is 16.9 Å². The first-order valence-electron chi connectivity index (χ1n) is 8.86. The number of nitrogens with zero attached hydrogens (tertiary/aromatic N) is 2. The van der Waals surface area contributed by atoms with Crippen LogP contribution in [0.15, 0.2) is 91.1 Å². The average molecular weight is 370 g/mol. The second-order valence-electron chi connectivity index (χ2n) is 6.25. The van der Waals surface area contributed by atoms with E-state index in [1.807, 2.05) is 66.7 Å². The van der Waals surface area contributed by atoms with Gasteiger partial charge >= 0.3 is 5.97 Å². The molecule has 0 atom stereocenters. The quantitative estimate of drug-likeness (QED) is 0.529. The zero-order chi connectivity index (χ0) is 19.3. The Morgan fingerprint density at radius 1 is 0.929 bits per heavy atom. The lowest BCUT2D eigenvalue weighted by molar-refractivity contribution is 0.0697. The van der Waals surface area contributed by atoms with Gasteiger partial charge in [-0.25, -0.2) is 9.48 Å². The highest BCUT2D eigenvalue weighted by molar-refractivity contribution is 5.88. The summed E-state index contributed by atoms with van der Waals surface area (Å²) in [4.78, 5) is 11.3. The van der Waals surface area contributed by atoms with Crippen molar-refractivity contribution in [3.8, 4) is 22.7 Å². The number of hydrogen-bond acceptors (Lipinski definition) is 3. The Hall–Kier alpha value is -3.86. The SMILES string of the molecule is O=C(O)c1cccc(-n2nccc2-c2ccccc2OCc2ccccc2)c1. The second-order valence-corrected chi connectivity index (χ2v) is 6.25. The molecule has 0 spiro atoms. The number of carboxylic acids is 1. The highest BCUT2D eigenvalue weighted by atomic mass is 16.5. The first-order chi connectivity index (χ1) is 13.7. The summed E-state index contributed by atoms with van der Waals surface area (Å²) in [6.45, 7) is 0.459. The van der Waals surface area contributed by atoms with E-state index in [1.54, 1.807) is 29.1 Å². The van der Waals surface area contributed by atoms with Gasteiger partial charge in [0.1, 0.15) is 12.4 Å². The van der Waals surface area contributed by atoms with Crippen molar-refractivity contribution in [2.24, 2.45) is 0 Å². The first kappa shape index (κ1) is 17.5. The molecule has 5 heteroatoms. The predicted octanol–water partition coefficient (Wildman–Crippen LogP) is 4.82. The van der Waals surface area contributed by atoms with Gasteiger partial charge in [-0.1, -0.05) is 48.5 Å².